The normalized spacial score (nSPS) is 10.8. The van der Waals surface area contributed by atoms with Crippen LogP contribution in [-0.4, -0.2) is 35.1 Å². The van der Waals surface area contributed by atoms with Gasteiger partial charge in [0.1, 0.15) is 11.5 Å². The van der Waals surface area contributed by atoms with E-state index in [1.807, 2.05) is 60.0 Å². The maximum Gasteiger partial charge on any atom is 0.258 e. The number of hydrogen-bond donors (Lipinski definition) is 1. The van der Waals surface area contributed by atoms with E-state index in [1.54, 1.807) is 32.7 Å². The van der Waals surface area contributed by atoms with Crippen molar-refractivity contribution in [3.8, 4) is 34.0 Å². The number of hydrogen-bond acceptors (Lipinski definition) is 7. The summed E-state index contributed by atoms with van der Waals surface area (Å²) in [4.78, 5) is 26.8. The summed E-state index contributed by atoms with van der Waals surface area (Å²) in [5, 5.41) is 6.07. The lowest BCUT2D eigenvalue weighted by Crippen LogP contribution is -2.13. The molecule has 0 aliphatic carbocycles. The van der Waals surface area contributed by atoms with Crippen molar-refractivity contribution in [2.75, 3.05) is 19.5 Å². The second-order valence-corrected chi connectivity index (χ2v) is 8.22. The van der Waals surface area contributed by atoms with Crippen LogP contribution in [0.1, 0.15) is 10.4 Å². The minimum absolute atomic E-state index is 0.257. The Hall–Kier alpha value is -4.30. The van der Waals surface area contributed by atoms with E-state index in [2.05, 4.69) is 15.3 Å². The zero-order valence-electron chi connectivity index (χ0n) is 18.5. The molecule has 3 aromatic heterocycles. The fraction of sp³-hybridized carbons (Fsp3) is 0.0769. The van der Waals surface area contributed by atoms with Crippen LogP contribution in [0.4, 0.5) is 5.13 Å². The number of methoxy groups -OCH3 is 2. The lowest BCUT2D eigenvalue weighted by atomic mass is 10.0. The van der Waals surface area contributed by atoms with Gasteiger partial charge in [0.15, 0.2) is 5.13 Å². The minimum atomic E-state index is -0.257. The van der Waals surface area contributed by atoms with Crippen molar-refractivity contribution < 1.29 is 14.3 Å². The predicted octanol–water partition coefficient (Wildman–Crippen LogP) is 5.69. The van der Waals surface area contributed by atoms with E-state index in [0.29, 0.717) is 33.6 Å². The first-order chi connectivity index (χ1) is 16.7. The standard InChI is InChI=1S/C26H20N4O3S/c1-32-17-7-8-24(33-2)20(13-17)23-15-34-26(29-23)30-25(31)19-14-22(16-9-11-27-12-10-16)28-21-6-4-3-5-18(19)21/h3-15H,1-2H3,(H,29,30,31). The largest absolute Gasteiger partial charge is 0.497 e. The van der Waals surface area contributed by atoms with Gasteiger partial charge in [0.2, 0.25) is 0 Å². The van der Waals surface area contributed by atoms with Crippen molar-refractivity contribution >= 4 is 33.3 Å². The SMILES string of the molecule is COc1ccc(OC)c(-c2csc(NC(=O)c3cc(-c4ccncc4)nc4ccccc34)n2)c1. The highest BCUT2D eigenvalue weighted by atomic mass is 32.1. The van der Waals surface area contributed by atoms with Crippen LogP contribution < -0.4 is 14.8 Å². The van der Waals surface area contributed by atoms with Crippen LogP contribution in [0.2, 0.25) is 0 Å². The molecule has 0 bridgehead atoms. The van der Waals surface area contributed by atoms with E-state index in [1.165, 1.54) is 11.3 Å². The first-order valence-corrected chi connectivity index (χ1v) is 11.3. The molecule has 168 valence electrons. The Morgan fingerprint density at radius 3 is 2.53 bits per heavy atom. The molecule has 0 atom stereocenters. The van der Waals surface area contributed by atoms with E-state index in [0.717, 1.165) is 22.0 Å². The number of pyridine rings is 2. The van der Waals surface area contributed by atoms with Gasteiger partial charge in [-0.1, -0.05) is 18.2 Å². The van der Waals surface area contributed by atoms with Crippen LogP contribution in [0, 0.1) is 0 Å². The van der Waals surface area contributed by atoms with Gasteiger partial charge in [-0.2, -0.15) is 0 Å². The summed E-state index contributed by atoms with van der Waals surface area (Å²) in [7, 11) is 3.22. The third kappa shape index (κ3) is 4.18. The van der Waals surface area contributed by atoms with Crippen molar-refractivity contribution in [2.24, 2.45) is 0 Å². The van der Waals surface area contributed by atoms with E-state index in [4.69, 9.17) is 14.5 Å². The van der Waals surface area contributed by atoms with Crippen LogP contribution in [-0.2, 0) is 0 Å². The number of rotatable bonds is 6. The van der Waals surface area contributed by atoms with Crippen molar-refractivity contribution in [3.05, 3.63) is 84.0 Å². The highest BCUT2D eigenvalue weighted by Gasteiger charge is 2.17. The zero-order valence-corrected chi connectivity index (χ0v) is 19.3. The minimum Gasteiger partial charge on any atom is -0.497 e. The maximum absolute atomic E-state index is 13.4. The quantitative estimate of drug-likeness (QED) is 0.345. The van der Waals surface area contributed by atoms with Crippen molar-refractivity contribution in [2.45, 2.75) is 0 Å². The number of nitrogens with zero attached hydrogens (tertiary/aromatic N) is 3. The van der Waals surface area contributed by atoms with Gasteiger partial charge in [0, 0.05) is 34.3 Å². The average molecular weight is 469 g/mol. The molecule has 8 heteroatoms. The monoisotopic (exact) mass is 468 g/mol. The average Bonchev–Trinajstić information content (AvgIpc) is 3.36. The second kappa shape index (κ2) is 9.29. The lowest BCUT2D eigenvalue weighted by molar-refractivity contribution is 0.102. The van der Waals surface area contributed by atoms with Crippen LogP contribution >= 0.6 is 11.3 Å². The van der Waals surface area contributed by atoms with Crippen LogP contribution in [0.15, 0.2) is 78.4 Å². The maximum atomic E-state index is 13.4. The summed E-state index contributed by atoms with van der Waals surface area (Å²) in [5.74, 6) is 1.11. The molecule has 2 aromatic carbocycles. The highest BCUT2D eigenvalue weighted by Crippen LogP contribution is 2.35. The van der Waals surface area contributed by atoms with E-state index in [9.17, 15) is 4.79 Å². The zero-order chi connectivity index (χ0) is 23.5. The third-order valence-corrected chi connectivity index (χ3v) is 6.10. The van der Waals surface area contributed by atoms with Gasteiger partial charge in [-0.05, 0) is 42.5 Å². The second-order valence-electron chi connectivity index (χ2n) is 7.37. The number of carbonyl (C=O) groups is 1. The summed E-state index contributed by atoms with van der Waals surface area (Å²) in [6.07, 6.45) is 3.41. The Morgan fingerprint density at radius 2 is 1.74 bits per heavy atom. The van der Waals surface area contributed by atoms with E-state index >= 15 is 0 Å². The summed E-state index contributed by atoms with van der Waals surface area (Å²) < 4.78 is 10.8. The number of para-hydroxylation sites is 1. The van der Waals surface area contributed by atoms with Gasteiger partial charge in [0.25, 0.3) is 5.91 Å². The molecule has 1 N–H and O–H groups in total. The molecule has 0 radical (unpaired) electrons. The molecule has 3 heterocycles. The van der Waals surface area contributed by atoms with Gasteiger partial charge in [-0.15, -0.1) is 11.3 Å². The number of carbonyl (C=O) groups excluding carboxylic acids is 1. The molecular weight excluding hydrogens is 448 g/mol. The molecule has 0 fully saturated rings. The molecule has 0 aliphatic heterocycles. The number of fused-ring (bicyclic) bond motifs is 1. The number of aromatic nitrogens is 3. The molecule has 0 aliphatic rings. The number of ether oxygens (including phenoxy) is 2. The third-order valence-electron chi connectivity index (χ3n) is 5.34. The van der Waals surface area contributed by atoms with Gasteiger partial charge in [-0.3, -0.25) is 15.1 Å². The molecule has 0 saturated heterocycles. The molecule has 0 saturated carbocycles. The molecule has 7 nitrogen and oxygen atoms in total. The van der Waals surface area contributed by atoms with Gasteiger partial charge in [-0.25, -0.2) is 9.97 Å². The fourth-order valence-corrected chi connectivity index (χ4v) is 4.37. The van der Waals surface area contributed by atoms with Gasteiger partial charge >= 0.3 is 0 Å². The number of thiazole rings is 1. The van der Waals surface area contributed by atoms with Gasteiger partial charge in [0.05, 0.1) is 36.7 Å². The van der Waals surface area contributed by atoms with Crippen molar-refractivity contribution in [3.63, 3.8) is 0 Å². The Kier molecular flexibility index (Phi) is 5.88. The topological polar surface area (TPSA) is 86.2 Å². The first-order valence-electron chi connectivity index (χ1n) is 10.5. The van der Waals surface area contributed by atoms with Crippen molar-refractivity contribution in [1.29, 1.82) is 0 Å². The Bertz CT molecular complexity index is 1480. The summed E-state index contributed by atoms with van der Waals surface area (Å²) in [6, 6.07) is 18.6. The number of anilines is 1. The van der Waals surface area contributed by atoms with Crippen LogP contribution in [0.5, 0.6) is 11.5 Å². The lowest BCUT2D eigenvalue weighted by Gasteiger charge is -2.10. The van der Waals surface area contributed by atoms with Crippen molar-refractivity contribution in [1.82, 2.24) is 15.0 Å². The molecule has 0 spiro atoms. The number of amides is 1. The van der Waals surface area contributed by atoms with Gasteiger partial charge < -0.3 is 9.47 Å². The number of benzene rings is 2. The summed E-state index contributed by atoms with van der Waals surface area (Å²) >= 11 is 1.34. The highest BCUT2D eigenvalue weighted by molar-refractivity contribution is 7.14. The van der Waals surface area contributed by atoms with E-state index in [-0.39, 0.29) is 5.91 Å². The van der Waals surface area contributed by atoms with E-state index < -0.39 is 0 Å². The first kappa shape index (κ1) is 21.5. The molecular formula is C26H20N4O3S. The Balaban J connectivity index is 1.49. The Morgan fingerprint density at radius 1 is 0.912 bits per heavy atom. The molecule has 5 aromatic rings. The Labute approximate surface area is 200 Å². The van der Waals surface area contributed by atoms with Crippen LogP contribution in [0.25, 0.3) is 33.4 Å². The summed E-state index contributed by atoms with van der Waals surface area (Å²) in [6.45, 7) is 0. The fourth-order valence-electron chi connectivity index (χ4n) is 3.67. The molecule has 0 unspecified atom stereocenters. The molecule has 1 amide bonds. The van der Waals surface area contributed by atoms with Crippen LogP contribution in [0.3, 0.4) is 0 Å². The number of nitrogens with one attached hydrogen (secondary N) is 1. The smallest absolute Gasteiger partial charge is 0.258 e. The summed E-state index contributed by atoms with van der Waals surface area (Å²) in [5.41, 5.74) is 4.32. The predicted molar refractivity (Wildman–Crippen MR) is 134 cm³/mol. The molecule has 34 heavy (non-hydrogen) atoms. The molecule has 5 rings (SSSR count).